The van der Waals surface area contributed by atoms with Crippen molar-refractivity contribution in [3.63, 3.8) is 0 Å². The summed E-state index contributed by atoms with van der Waals surface area (Å²) in [5.41, 5.74) is 0. The van der Waals surface area contributed by atoms with Crippen LogP contribution < -0.4 is 0 Å². The lowest BCUT2D eigenvalue weighted by molar-refractivity contribution is -0.149. The molecule has 0 aliphatic heterocycles. The molecule has 26 heavy (non-hydrogen) atoms. The zero-order valence-corrected chi connectivity index (χ0v) is 18.0. The third-order valence-electron chi connectivity index (χ3n) is 4.94. The molecule has 4 heteroatoms. The van der Waals surface area contributed by atoms with Crippen molar-refractivity contribution in [1.82, 2.24) is 0 Å². The van der Waals surface area contributed by atoms with E-state index in [-0.39, 0.29) is 0 Å². The van der Waals surface area contributed by atoms with Crippen LogP contribution in [0.15, 0.2) is 0 Å². The van der Waals surface area contributed by atoms with Gasteiger partial charge in [0.05, 0.1) is 6.61 Å². The number of hydrogen-bond acceptors (Lipinski definition) is 3. The summed E-state index contributed by atoms with van der Waals surface area (Å²) in [6, 6.07) is 0. The predicted octanol–water partition coefficient (Wildman–Crippen LogP) is 7.19. The third-order valence-corrected chi connectivity index (χ3v) is 5.26. The average molecular weight is 389 g/mol. The Labute approximate surface area is 166 Å². The van der Waals surface area contributed by atoms with E-state index < -0.39 is 17.1 Å². The zero-order valence-electron chi connectivity index (χ0n) is 17.2. The van der Waals surface area contributed by atoms with Gasteiger partial charge in [0.2, 0.25) is 5.24 Å². The average Bonchev–Trinajstić information content (AvgIpc) is 2.63. The van der Waals surface area contributed by atoms with Crippen molar-refractivity contribution in [2.75, 3.05) is 6.61 Å². The Hall–Kier alpha value is -0.570. The molecular weight excluding hydrogens is 348 g/mol. The lowest BCUT2D eigenvalue weighted by Crippen LogP contribution is -2.20. The Morgan fingerprint density at radius 1 is 0.692 bits per heavy atom. The largest absolute Gasteiger partial charge is 0.465 e. The van der Waals surface area contributed by atoms with Crippen LogP contribution in [0.2, 0.25) is 0 Å². The quantitative estimate of drug-likeness (QED) is 0.102. The van der Waals surface area contributed by atoms with Gasteiger partial charge in [-0.2, -0.15) is 0 Å². The highest BCUT2D eigenvalue weighted by Gasteiger charge is 2.20. The monoisotopic (exact) mass is 388 g/mol. The third kappa shape index (κ3) is 16.9. The van der Waals surface area contributed by atoms with Gasteiger partial charge in [-0.25, -0.2) is 0 Å². The molecule has 0 rings (SSSR count). The molecule has 0 spiro atoms. The fourth-order valence-electron chi connectivity index (χ4n) is 3.04. The summed E-state index contributed by atoms with van der Waals surface area (Å²) in [6.07, 6.45) is 21.1. The molecule has 3 nitrogen and oxygen atoms in total. The van der Waals surface area contributed by atoms with E-state index in [1.807, 2.05) is 0 Å². The molecule has 0 aliphatic carbocycles. The second-order valence-electron chi connectivity index (χ2n) is 7.50. The maximum atomic E-state index is 11.4. The number of ether oxygens (including phenoxy) is 1. The normalized spacial score (nSPS) is 12.1. The number of esters is 1. The van der Waals surface area contributed by atoms with Gasteiger partial charge in [0.25, 0.3) is 0 Å². The number of carbonyl (C=O) groups is 2. The Kier molecular flexibility index (Phi) is 18.8. The molecular formula is C22H41ClO3. The van der Waals surface area contributed by atoms with Gasteiger partial charge in [0.1, 0.15) is 5.92 Å². The molecule has 0 heterocycles. The minimum Gasteiger partial charge on any atom is -0.465 e. The first-order valence-corrected chi connectivity index (χ1v) is 11.3. The Balaban J connectivity index is 3.16. The fourth-order valence-corrected chi connectivity index (χ4v) is 3.13. The van der Waals surface area contributed by atoms with E-state index in [9.17, 15) is 9.59 Å². The van der Waals surface area contributed by atoms with Crippen LogP contribution in [0.3, 0.4) is 0 Å². The molecule has 154 valence electrons. The smallest absolute Gasteiger partial charge is 0.317 e. The number of halogens is 1. The summed E-state index contributed by atoms with van der Waals surface area (Å²) in [5, 5.41) is -0.651. The van der Waals surface area contributed by atoms with E-state index in [4.69, 9.17) is 16.3 Å². The van der Waals surface area contributed by atoms with E-state index in [1.165, 1.54) is 96.8 Å². The Morgan fingerprint density at radius 2 is 1.04 bits per heavy atom. The molecule has 0 radical (unpaired) electrons. The molecule has 0 saturated heterocycles. The minimum absolute atomic E-state index is 0.395. The van der Waals surface area contributed by atoms with E-state index in [1.54, 1.807) is 0 Å². The minimum atomic E-state index is -0.849. The Morgan fingerprint density at radius 3 is 1.38 bits per heavy atom. The number of rotatable bonds is 19. The first kappa shape index (κ1) is 25.4. The van der Waals surface area contributed by atoms with E-state index >= 15 is 0 Å². The SMILES string of the molecule is CCCCCCCCCCCCCCCCCCOC(=O)C(C)C(=O)Cl. The highest BCUT2D eigenvalue weighted by atomic mass is 35.5. The molecule has 0 amide bonds. The summed E-state index contributed by atoms with van der Waals surface area (Å²) >= 11 is 5.26. The molecule has 1 atom stereocenters. The van der Waals surface area contributed by atoms with Crippen molar-refractivity contribution in [2.24, 2.45) is 5.92 Å². The first-order chi connectivity index (χ1) is 12.6. The zero-order chi connectivity index (χ0) is 19.5. The van der Waals surface area contributed by atoms with E-state index in [2.05, 4.69) is 6.92 Å². The van der Waals surface area contributed by atoms with Gasteiger partial charge < -0.3 is 4.74 Å². The summed E-state index contributed by atoms with van der Waals surface area (Å²) in [5.74, 6) is -1.36. The second-order valence-corrected chi connectivity index (χ2v) is 7.87. The molecule has 0 saturated carbocycles. The van der Waals surface area contributed by atoms with Crippen molar-refractivity contribution in [3.8, 4) is 0 Å². The molecule has 0 aliphatic rings. The highest BCUT2D eigenvalue weighted by molar-refractivity contribution is 6.65. The van der Waals surface area contributed by atoms with Crippen molar-refractivity contribution in [2.45, 2.75) is 117 Å². The van der Waals surface area contributed by atoms with E-state index in [0.717, 1.165) is 12.8 Å². The van der Waals surface area contributed by atoms with Crippen LogP contribution in [-0.4, -0.2) is 17.8 Å². The van der Waals surface area contributed by atoms with Crippen LogP contribution in [-0.2, 0) is 14.3 Å². The van der Waals surface area contributed by atoms with Crippen LogP contribution in [0.1, 0.15) is 117 Å². The first-order valence-electron chi connectivity index (χ1n) is 11.0. The Bertz CT molecular complexity index is 344. The van der Waals surface area contributed by atoms with Gasteiger partial charge in [0, 0.05) is 0 Å². The van der Waals surface area contributed by atoms with Gasteiger partial charge in [-0.15, -0.1) is 0 Å². The maximum Gasteiger partial charge on any atom is 0.317 e. The van der Waals surface area contributed by atoms with Crippen molar-refractivity contribution < 1.29 is 14.3 Å². The topological polar surface area (TPSA) is 43.4 Å². The van der Waals surface area contributed by atoms with Crippen LogP contribution >= 0.6 is 11.6 Å². The van der Waals surface area contributed by atoms with Crippen molar-refractivity contribution in [3.05, 3.63) is 0 Å². The van der Waals surface area contributed by atoms with Gasteiger partial charge in [0.15, 0.2) is 0 Å². The summed E-state index contributed by atoms with van der Waals surface area (Å²) in [6.45, 7) is 4.14. The second kappa shape index (κ2) is 19.2. The van der Waals surface area contributed by atoms with Crippen LogP contribution in [0.5, 0.6) is 0 Å². The van der Waals surface area contributed by atoms with Crippen LogP contribution in [0, 0.1) is 5.92 Å². The van der Waals surface area contributed by atoms with Crippen molar-refractivity contribution >= 4 is 22.8 Å². The van der Waals surface area contributed by atoms with Crippen LogP contribution in [0.25, 0.3) is 0 Å². The standard InChI is InChI=1S/C22H41ClO3/c1-3-4-5-6-7-8-9-10-11-12-13-14-15-16-17-18-19-26-22(25)20(2)21(23)24/h20H,3-19H2,1-2H3. The predicted molar refractivity (Wildman–Crippen MR) is 111 cm³/mol. The molecule has 0 aromatic carbocycles. The fraction of sp³-hybridized carbons (Fsp3) is 0.909. The molecule has 1 unspecified atom stereocenters. The molecule has 0 aromatic heterocycles. The van der Waals surface area contributed by atoms with Crippen LogP contribution in [0.4, 0.5) is 0 Å². The number of unbranched alkanes of at least 4 members (excludes halogenated alkanes) is 15. The summed E-state index contributed by atoms with van der Waals surface area (Å²) in [4.78, 5) is 22.2. The number of hydrogen-bond donors (Lipinski definition) is 0. The molecule has 0 N–H and O–H groups in total. The number of carbonyl (C=O) groups excluding carboxylic acids is 2. The van der Waals surface area contributed by atoms with Crippen molar-refractivity contribution in [1.29, 1.82) is 0 Å². The van der Waals surface area contributed by atoms with Gasteiger partial charge >= 0.3 is 5.97 Å². The summed E-state index contributed by atoms with van der Waals surface area (Å²) in [7, 11) is 0. The van der Waals surface area contributed by atoms with E-state index in [0.29, 0.717) is 6.61 Å². The van der Waals surface area contributed by atoms with Gasteiger partial charge in [-0.3, -0.25) is 9.59 Å². The van der Waals surface area contributed by atoms with Gasteiger partial charge in [-0.05, 0) is 24.9 Å². The molecule has 0 aromatic rings. The summed E-state index contributed by atoms with van der Waals surface area (Å²) < 4.78 is 5.04. The highest BCUT2D eigenvalue weighted by Crippen LogP contribution is 2.14. The maximum absolute atomic E-state index is 11.4. The lowest BCUT2D eigenvalue weighted by atomic mass is 10.0. The van der Waals surface area contributed by atoms with Gasteiger partial charge in [-0.1, -0.05) is 103 Å². The molecule has 0 fully saturated rings. The molecule has 0 bridgehead atoms. The lowest BCUT2D eigenvalue weighted by Gasteiger charge is -2.07.